The molecule has 0 radical (unpaired) electrons. The molecule has 1 heterocycles. The Morgan fingerprint density at radius 1 is 0.655 bits per heavy atom. The van der Waals surface area contributed by atoms with Gasteiger partial charge in [0.1, 0.15) is 0 Å². The van der Waals surface area contributed by atoms with Crippen LogP contribution < -0.4 is 0 Å². The highest BCUT2D eigenvalue weighted by molar-refractivity contribution is 5.35. The van der Waals surface area contributed by atoms with Crippen molar-refractivity contribution in [2.45, 2.75) is 68.2 Å². The van der Waals surface area contributed by atoms with E-state index in [0.717, 1.165) is 19.8 Å². The summed E-state index contributed by atoms with van der Waals surface area (Å²) in [6.45, 7) is 22.4. The quantitative estimate of drug-likeness (QED) is 0.484. The Kier molecular flexibility index (Phi) is 7.02. The van der Waals surface area contributed by atoms with E-state index in [9.17, 15) is 0 Å². The fraction of sp³-hybridized carbons (Fsp3) is 0.704. The molecule has 1 fully saturated rings. The van der Waals surface area contributed by atoms with Crippen LogP contribution in [0, 0.1) is 35.5 Å². The van der Waals surface area contributed by atoms with Crippen LogP contribution in [0.2, 0.25) is 0 Å². The van der Waals surface area contributed by atoms with Crippen molar-refractivity contribution in [2.75, 3.05) is 19.8 Å². The van der Waals surface area contributed by atoms with Gasteiger partial charge in [0.15, 0.2) is 0 Å². The smallest absolute Gasteiger partial charge is 0.0899 e. The van der Waals surface area contributed by atoms with Gasteiger partial charge in [-0.1, -0.05) is 79.7 Å². The highest BCUT2D eigenvalue weighted by atomic mass is 15.4. The average molecular weight is 397 g/mol. The van der Waals surface area contributed by atoms with Gasteiger partial charge in [-0.3, -0.25) is 0 Å². The van der Waals surface area contributed by atoms with E-state index in [1.54, 1.807) is 22.5 Å². The normalized spacial score (nSPS) is 25.8. The Morgan fingerprint density at radius 3 is 1.34 bits per heavy atom. The van der Waals surface area contributed by atoms with Crippen molar-refractivity contribution < 1.29 is 0 Å². The molecule has 0 bridgehead atoms. The molecule has 1 saturated heterocycles. The van der Waals surface area contributed by atoms with E-state index in [0.29, 0.717) is 35.5 Å². The first-order valence-corrected chi connectivity index (χ1v) is 12.0. The number of nitrogens with zero attached hydrogens (tertiary/aromatic N) is 2. The molecule has 1 aliphatic heterocycles. The van der Waals surface area contributed by atoms with Crippen LogP contribution in [0.5, 0.6) is 0 Å². The van der Waals surface area contributed by atoms with Gasteiger partial charge in [-0.2, -0.15) is 0 Å². The summed E-state index contributed by atoms with van der Waals surface area (Å²) in [5.41, 5.74) is 6.41. The molecular formula is C27H44N2. The van der Waals surface area contributed by atoms with Gasteiger partial charge in [-0.15, -0.1) is 0 Å². The zero-order chi connectivity index (χ0) is 21.3. The lowest BCUT2D eigenvalue weighted by atomic mass is 9.80. The summed E-state index contributed by atoms with van der Waals surface area (Å²) in [5, 5.41) is 0. The fourth-order valence-corrected chi connectivity index (χ4v) is 5.47. The van der Waals surface area contributed by atoms with Gasteiger partial charge in [-0.05, 0) is 47.7 Å². The number of allylic oxidation sites excluding steroid dienone is 8. The third-order valence-corrected chi connectivity index (χ3v) is 7.18. The summed E-state index contributed by atoms with van der Waals surface area (Å²) in [7, 11) is 0. The fourth-order valence-electron chi connectivity index (χ4n) is 5.47. The molecule has 0 N–H and O–H groups in total. The zero-order valence-corrected chi connectivity index (χ0v) is 20.2. The summed E-state index contributed by atoms with van der Waals surface area (Å²) >= 11 is 0. The van der Waals surface area contributed by atoms with Crippen LogP contribution in [0.15, 0.2) is 46.8 Å². The summed E-state index contributed by atoms with van der Waals surface area (Å²) in [6.07, 6.45) is 12.0. The molecule has 0 aromatic rings. The van der Waals surface area contributed by atoms with Crippen LogP contribution >= 0.6 is 0 Å². The van der Waals surface area contributed by atoms with Gasteiger partial charge in [0.25, 0.3) is 0 Å². The molecule has 3 rings (SSSR count). The Morgan fingerprint density at radius 2 is 1.03 bits per heavy atom. The molecule has 162 valence electrons. The minimum Gasteiger partial charge on any atom is -0.355 e. The van der Waals surface area contributed by atoms with E-state index < -0.39 is 0 Å². The maximum Gasteiger partial charge on any atom is 0.0899 e. The molecule has 29 heavy (non-hydrogen) atoms. The van der Waals surface area contributed by atoms with Crippen molar-refractivity contribution in [2.24, 2.45) is 35.5 Å². The Bertz CT molecular complexity index is 642. The molecule has 3 aliphatic rings. The zero-order valence-electron chi connectivity index (χ0n) is 20.2. The number of rotatable bonds is 6. The van der Waals surface area contributed by atoms with Crippen LogP contribution in [0.4, 0.5) is 0 Å². The van der Waals surface area contributed by atoms with Crippen molar-refractivity contribution in [3.63, 3.8) is 0 Å². The second-order valence-corrected chi connectivity index (χ2v) is 10.6. The van der Waals surface area contributed by atoms with Gasteiger partial charge < -0.3 is 9.80 Å². The van der Waals surface area contributed by atoms with Gasteiger partial charge >= 0.3 is 0 Å². The molecular weight excluding hydrogens is 352 g/mol. The molecule has 0 aromatic heterocycles. The van der Waals surface area contributed by atoms with E-state index >= 15 is 0 Å². The van der Waals surface area contributed by atoms with E-state index in [-0.39, 0.29) is 0 Å². The molecule has 2 heteroatoms. The highest BCUT2D eigenvalue weighted by Gasteiger charge is 2.35. The lowest BCUT2D eigenvalue weighted by Crippen LogP contribution is -2.35. The van der Waals surface area contributed by atoms with Crippen molar-refractivity contribution in [3.8, 4) is 0 Å². The van der Waals surface area contributed by atoms with Crippen LogP contribution in [-0.2, 0) is 0 Å². The second-order valence-electron chi connectivity index (χ2n) is 10.6. The average Bonchev–Trinajstić information content (AvgIpc) is 3.15. The number of hydrogen-bond acceptors (Lipinski definition) is 2. The maximum absolute atomic E-state index is 2.73. The first kappa shape index (κ1) is 22.2. The molecule has 0 unspecified atom stereocenters. The molecule has 0 amide bonds. The predicted molar refractivity (Wildman–Crippen MR) is 126 cm³/mol. The Balaban J connectivity index is 1.95. The summed E-state index contributed by atoms with van der Waals surface area (Å²) < 4.78 is 0. The van der Waals surface area contributed by atoms with E-state index in [4.69, 9.17) is 0 Å². The second kappa shape index (κ2) is 9.14. The SMILES string of the molecule is CC(C)C1=C(N2CCN(C3=C(C(C)C)C=CC[C@@H]3C(C)C)C2)[C@@H](C(C)C)CC=C1. The van der Waals surface area contributed by atoms with Crippen molar-refractivity contribution in [3.05, 3.63) is 46.8 Å². The third-order valence-electron chi connectivity index (χ3n) is 7.18. The van der Waals surface area contributed by atoms with Gasteiger partial charge in [-0.25, -0.2) is 0 Å². The van der Waals surface area contributed by atoms with E-state index in [1.165, 1.54) is 12.8 Å². The van der Waals surface area contributed by atoms with Gasteiger partial charge in [0.2, 0.25) is 0 Å². The lowest BCUT2D eigenvalue weighted by Gasteiger charge is -2.39. The van der Waals surface area contributed by atoms with E-state index in [1.807, 2.05) is 0 Å². The largest absolute Gasteiger partial charge is 0.355 e. The molecule has 2 aliphatic carbocycles. The lowest BCUT2D eigenvalue weighted by molar-refractivity contribution is 0.241. The highest BCUT2D eigenvalue weighted by Crippen LogP contribution is 2.41. The molecule has 2 nitrogen and oxygen atoms in total. The third kappa shape index (κ3) is 4.52. The first-order valence-electron chi connectivity index (χ1n) is 12.0. The molecule has 0 saturated carbocycles. The molecule has 0 aromatic carbocycles. The summed E-state index contributed by atoms with van der Waals surface area (Å²) in [5.74, 6) is 3.85. The van der Waals surface area contributed by atoms with Crippen molar-refractivity contribution in [1.29, 1.82) is 0 Å². The van der Waals surface area contributed by atoms with Crippen LogP contribution in [0.1, 0.15) is 68.2 Å². The minimum absolute atomic E-state index is 0.586. The monoisotopic (exact) mass is 396 g/mol. The van der Waals surface area contributed by atoms with Crippen LogP contribution in [0.25, 0.3) is 0 Å². The molecule has 2 atom stereocenters. The van der Waals surface area contributed by atoms with Crippen LogP contribution in [0.3, 0.4) is 0 Å². The number of hydrogen-bond donors (Lipinski definition) is 0. The Labute approximate surface area is 180 Å². The van der Waals surface area contributed by atoms with Gasteiger partial charge in [0, 0.05) is 36.3 Å². The van der Waals surface area contributed by atoms with Crippen LogP contribution in [-0.4, -0.2) is 29.6 Å². The van der Waals surface area contributed by atoms with Crippen molar-refractivity contribution >= 4 is 0 Å². The predicted octanol–water partition coefficient (Wildman–Crippen LogP) is 6.85. The minimum atomic E-state index is 0.586. The maximum atomic E-state index is 2.73. The Hall–Kier alpha value is -1.44. The van der Waals surface area contributed by atoms with E-state index in [2.05, 4.69) is 89.5 Å². The molecule has 0 spiro atoms. The summed E-state index contributed by atoms with van der Waals surface area (Å²) in [4.78, 5) is 5.45. The topological polar surface area (TPSA) is 6.48 Å². The van der Waals surface area contributed by atoms with Gasteiger partial charge in [0.05, 0.1) is 6.67 Å². The first-order chi connectivity index (χ1) is 13.7. The van der Waals surface area contributed by atoms with Crippen molar-refractivity contribution in [1.82, 2.24) is 9.80 Å². The standard InChI is InChI=1S/C27H44N2/c1-18(2)22-11-9-12-23(19(3)4)26(22)28-15-16-29(17-28)27-24(20(5)6)13-10-14-25(27)21(7)8/h9-11,13,18-21,23,25H,12,14-17H2,1-8H3/t23-,25-/m1/s1. The summed E-state index contributed by atoms with van der Waals surface area (Å²) in [6, 6.07) is 0.